The molecule has 0 saturated heterocycles. The molecule has 0 spiro atoms. The predicted molar refractivity (Wildman–Crippen MR) is 45.9 cm³/mol. The number of aryl methyl sites for hydroxylation is 1. The molecule has 0 radical (unpaired) electrons. The first-order valence-corrected chi connectivity index (χ1v) is 4.01. The van der Waals surface area contributed by atoms with E-state index in [0.29, 0.717) is 11.7 Å². The third-order valence-electron chi connectivity index (χ3n) is 1.55. The van der Waals surface area contributed by atoms with Crippen LogP contribution in [-0.4, -0.2) is 16.0 Å². The Hall–Kier alpha value is -1.39. The number of nitrogens with zero attached hydrogens (tertiary/aromatic N) is 2. The van der Waals surface area contributed by atoms with Crippen molar-refractivity contribution >= 4 is 5.91 Å². The zero-order chi connectivity index (χ0) is 10.1. The zero-order valence-electron chi connectivity index (χ0n) is 8.21. The summed E-state index contributed by atoms with van der Waals surface area (Å²) in [6, 6.07) is 0. The number of carbonyl (C=O) groups excluding carboxylic acids is 1. The van der Waals surface area contributed by atoms with E-state index in [1.54, 1.807) is 20.8 Å². The molecule has 0 aliphatic heterocycles. The molecule has 0 bridgehead atoms. The van der Waals surface area contributed by atoms with Crippen LogP contribution >= 0.6 is 0 Å². The van der Waals surface area contributed by atoms with Gasteiger partial charge in [-0.15, -0.1) is 0 Å². The van der Waals surface area contributed by atoms with Gasteiger partial charge >= 0.3 is 0 Å². The molecule has 0 unspecified atom stereocenters. The van der Waals surface area contributed by atoms with Crippen LogP contribution < -0.4 is 5.32 Å². The maximum atomic E-state index is 10.8. The Kier molecular flexibility index (Phi) is 2.36. The highest BCUT2D eigenvalue weighted by atomic mass is 16.5. The van der Waals surface area contributed by atoms with E-state index in [9.17, 15) is 4.79 Å². The molecule has 0 atom stereocenters. The Bertz CT molecular complexity index is 317. The van der Waals surface area contributed by atoms with Crippen LogP contribution in [0, 0.1) is 6.92 Å². The van der Waals surface area contributed by atoms with Crippen molar-refractivity contribution in [2.24, 2.45) is 0 Å². The molecule has 1 aromatic rings. The lowest BCUT2D eigenvalue weighted by Crippen LogP contribution is -2.39. The van der Waals surface area contributed by atoms with E-state index in [1.807, 2.05) is 0 Å². The van der Waals surface area contributed by atoms with E-state index >= 15 is 0 Å². The maximum absolute atomic E-state index is 10.8. The van der Waals surface area contributed by atoms with Gasteiger partial charge in [0.15, 0.2) is 5.82 Å². The number of carbonyl (C=O) groups is 1. The molecular weight excluding hydrogens is 170 g/mol. The fourth-order valence-electron chi connectivity index (χ4n) is 1.04. The first kappa shape index (κ1) is 9.70. The standard InChI is InChI=1S/C8H13N3O2/c1-5-9-7(13-11-5)8(3,4)10-6(2)12/h1-4H3,(H,10,12). The first-order chi connectivity index (χ1) is 5.92. The minimum atomic E-state index is -0.604. The summed E-state index contributed by atoms with van der Waals surface area (Å²) in [5.74, 6) is 0.856. The van der Waals surface area contributed by atoms with Crippen molar-refractivity contribution in [2.75, 3.05) is 0 Å². The van der Waals surface area contributed by atoms with Crippen LogP contribution in [0.2, 0.25) is 0 Å². The van der Waals surface area contributed by atoms with Crippen LogP contribution in [0.5, 0.6) is 0 Å². The van der Waals surface area contributed by atoms with Crippen molar-refractivity contribution in [1.82, 2.24) is 15.5 Å². The van der Waals surface area contributed by atoms with Gasteiger partial charge in [-0.05, 0) is 20.8 Å². The summed E-state index contributed by atoms with van der Waals surface area (Å²) in [5.41, 5.74) is -0.604. The molecule has 1 heterocycles. The van der Waals surface area contributed by atoms with Gasteiger partial charge in [-0.2, -0.15) is 4.98 Å². The summed E-state index contributed by atoms with van der Waals surface area (Å²) in [4.78, 5) is 14.9. The lowest BCUT2D eigenvalue weighted by molar-refractivity contribution is -0.120. The second-order valence-corrected chi connectivity index (χ2v) is 3.45. The largest absolute Gasteiger partial charge is 0.342 e. The predicted octanol–water partition coefficient (Wildman–Crippen LogP) is 0.749. The molecule has 5 nitrogen and oxygen atoms in total. The normalized spacial score (nSPS) is 11.4. The lowest BCUT2D eigenvalue weighted by atomic mass is 10.1. The van der Waals surface area contributed by atoms with E-state index < -0.39 is 5.54 Å². The molecule has 1 aromatic heterocycles. The van der Waals surface area contributed by atoms with Crippen molar-refractivity contribution in [3.8, 4) is 0 Å². The van der Waals surface area contributed by atoms with Crippen molar-refractivity contribution in [3.63, 3.8) is 0 Å². The van der Waals surface area contributed by atoms with Gasteiger partial charge in [0.2, 0.25) is 5.91 Å². The van der Waals surface area contributed by atoms with Gasteiger partial charge in [0.1, 0.15) is 5.54 Å². The number of hydrogen-bond acceptors (Lipinski definition) is 4. The molecule has 0 aliphatic rings. The SMILES string of the molecule is CC(=O)NC(C)(C)c1nc(C)no1. The van der Waals surface area contributed by atoms with Crippen LogP contribution in [0.25, 0.3) is 0 Å². The topological polar surface area (TPSA) is 68.0 Å². The Morgan fingerprint density at radius 2 is 2.15 bits per heavy atom. The van der Waals surface area contributed by atoms with Crippen LogP contribution in [0.15, 0.2) is 4.52 Å². The van der Waals surface area contributed by atoms with Gasteiger partial charge in [-0.3, -0.25) is 4.79 Å². The summed E-state index contributed by atoms with van der Waals surface area (Å²) >= 11 is 0. The Morgan fingerprint density at radius 1 is 1.54 bits per heavy atom. The molecule has 1 amide bonds. The van der Waals surface area contributed by atoms with Gasteiger partial charge in [0, 0.05) is 6.92 Å². The van der Waals surface area contributed by atoms with Gasteiger partial charge in [0.05, 0.1) is 0 Å². The zero-order valence-corrected chi connectivity index (χ0v) is 8.21. The number of hydrogen-bond donors (Lipinski definition) is 1. The summed E-state index contributed by atoms with van der Waals surface area (Å²) in [5, 5.41) is 6.37. The Balaban J connectivity index is 2.86. The molecular formula is C8H13N3O2. The van der Waals surface area contributed by atoms with Crippen molar-refractivity contribution < 1.29 is 9.32 Å². The molecule has 0 fully saturated rings. The second kappa shape index (κ2) is 3.16. The monoisotopic (exact) mass is 183 g/mol. The molecule has 0 saturated carbocycles. The van der Waals surface area contributed by atoms with Gasteiger partial charge in [0.25, 0.3) is 5.89 Å². The van der Waals surface area contributed by atoms with Crippen LogP contribution in [0.1, 0.15) is 32.5 Å². The fourth-order valence-corrected chi connectivity index (χ4v) is 1.04. The van der Waals surface area contributed by atoms with Gasteiger partial charge < -0.3 is 9.84 Å². The second-order valence-electron chi connectivity index (χ2n) is 3.45. The van der Waals surface area contributed by atoms with E-state index in [1.165, 1.54) is 6.92 Å². The van der Waals surface area contributed by atoms with E-state index in [0.717, 1.165) is 0 Å². The molecule has 13 heavy (non-hydrogen) atoms. The molecule has 0 aliphatic carbocycles. The number of rotatable bonds is 2. The Labute approximate surface area is 76.5 Å². The van der Waals surface area contributed by atoms with Crippen molar-refractivity contribution in [2.45, 2.75) is 33.2 Å². The number of amides is 1. The number of nitrogens with one attached hydrogen (secondary N) is 1. The van der Waals surface area contributed by atoms with E-state index in [4.69, 9.17) is 4.52 Å². The summed E-state index contributed by atoms with van der Waals surface area (Å²) in [7, 11) is 0. The quantitative estimate of drug-likeness (QED) is 0.734. The van der Waals surface area contributed by atoms with E-state index in [2.05, 4.69) is 15.5 Å². The maximum Gasteiger partial charge on any atom is 0.251 e. The van der Waals surface area contributed by atoms with E-state index in [-0.39, 0.29) is 5.91 Å². The average Bonchev–Trinajstić information content (AvgIpc) is 2.32. The molecule has 1 N–H and O–H groups in total. The summed E-state index contributed by atoms with van der Waals surface area (Å²) in [6.45, 7) is 6.80. The van der Waals surface area contributed by atoms with Crippen molar-refractivity contribution in [1.29, 1.82) is 0 Å². The number of aromatic nitrogens is 2. The van der Waals surface area contributed by atoms with Crippen LogP contribution in [0.3, 0.4) is 0 Å². The third-order valence-corrected chi connectivity index (χ3v) is 1.55. The fraction of sp³-hybridized carbons (Fsp3) is 0.625. The highest BCUT2D eigenvalue weighted by Crippen LogP contribution is 2.17. The summed E-state index contributed by atoms with van der Waals surface area (Å²) in [6.07, 6.45) is 0. The van der Waals surface area contributed by atoms with Crippen LogP contribution in [-0.2, 0) is 10.3 Å². The first-order valence-electron chi connectivity index (χ1n) is 4.01. The molecule has 72 valence electrons. The molecule has 5 heteroatoms. The Morgan fingerprint density at radius 3 is 2.54 bits per heavy atom. The minimum Gasteiger partial charge on any atom is -0.342 e. The minimum absolute atomic E-state index is 0.124. The molecule has 1 rings (SSSR count). The highest BCUT2D eigenvalue weighted by Gasteiger charge is 2.27. The smallest absolute Gasteiger partial charge is 0.251 e. The summed E-state index contributed by atoms with van der Waals surface area (Å²) < 4.78 is 4.95. The van der Waals surface area contributed by atoms with Gasteiger partial charge in [-0.25, -0.2) is 0 Å². The third kappa shape index (κ3) is 2.27. The van der Waals surface area contributed by atoms with Crippen molar-refractivity contribution in [3.05, 3.63) is 11.7 Å². The lowest BCUT2D eigenvalue weighted by Gasteiger charge is -2.20. The average molecular weight is 183 g/mol. The van der Waals surface area contributed by atoms with Crippen LogP contribution in [0.4, 0.5) is 0 Å². The van der Waals surface area contributed by atoms with Gasteiger partial charge in [-0.1, -0.05) is 5.16 Å². The highest BCUT2D eigenvalue weighted by molar-refractivity contribution is 5.73. The molecule has 0 aromatic carbocycles.